The van der Waals surface area contributed by atoms with E-state index in [1.165, 1.54) is 33.0 Å². The third kappa shape index (κ3) is 2.19. The Morgan fingerprint density at radius 3 is 2.16 bits per heavy atom. The summed E-state index contributed by atoms with van der Waals surface area (Å²) in [5.74, 6) is 0. The normalized spacial score (nSPS) is 10.9. The van der Waals surface area contributed by atoms with Crippen LogP contribution in [0.4, 0.5) is 0 Å². The van der Waals surface area contributed by atoms with Crippen LogP contribution in [-0.2, 0) is 0 Å². The summed E-state index contributed by atoms with van der Waals surface area (Å²) in [4.78, 5) is 0. The Morgan fingerprint density at radius 2 is 1.42 bits per heavy atom. The van der Waals surface area contributed by atoms with Gasteiger partial charge in [0.25, 0.3) is 0 Å². The van der Waals surface area contributed by atoms with Gasteiger partial charge in [0.05, 0.1) is 0 Å². The molecule has 0 aliphatic carbocycles. The minimum atomic E-state index is 1.16. The van der Waals surface area contributed by atoms with Crippen molar-refractivity contribution < 1.29 is 0 Å². The molecule has 0 heterocycles. The lowest BCUT2D eigenvalue weighted by atomic mass is 9.94. The van der Waals surface area contributed by atoms with Gasteiger partial charge in [-0.1, -0.05) is 58.4 Å². The van der Waals surface area contributed by atoms with E-state index in [-0.39, 0.29) is 0 Å². The SMILES string of the molecule is Cc1cc2ccccc2cc1-c1cccc(Br)c1C. The molecule has 94 valence electrons. The number of halogens is 1. The van der Waals surface area contributed by atoms with Gasteiger partial charge in [-0.2, -0.15) is 0 Å². The van der Waals surface area contributed by atoms with E-state index in [0.29, 0.717) is 0 Å². The summed E-state index contributed by atoms with van der Waals surface area (Å²) in [7, 11) is 0. The molecule has 3 rings (SSSR count). The predicted molar refractivity (Wildman–Crippen MR) is 86.6 cm³/mol. The molecule has 0 bridgehead atoms. The minimum absolute atomic E-state index is 1.16. The van der Waals surface area contributed by atoms with Crippen LogP contribution < -0.4 is 0 Å². The molecule has 3 aromatic carbocycles. The molecule has 0 radical (unpaired) electrons. The van der Waals surface area contributed by atoms with Crippen LogP contribution in [0.1, 0.15) is 11.1 Å². The average Bonchev–Trinajstić information content (AvgIpc) is 2.41. The second-order valence-electron chi connectivity index (χ2n) is 4.93. The van der Waals surface area contributed by atoms with Gasteiger partial charge >= 0.3 is 0 Å². The third-order valence-electron chi connectivity index (χ3n) is 3.65. The van der Waals surface area contributed by atoms with Gasteiger partial charge in [-0.05, 0) is 59.0 Å². The molecule has 0 spiro atoms. The molecular weight excluding hydrogens is 296 g/mol. The smallest absolute Gasteiger partial charge is 0.0210 e. The molecule has 0 fully saturated rings. The number of rotatable bonds is 1. The molecule has 0 amide bonds. The van der Waals surface area contributed by atoms with Crippen LogP contribution in [-0.4, -0.2) is 0 Å². The Bertz CT molecular complexity index is 757. The molecule has 0 saturated heterocycles. The van der Waals surface area contributed by atoms with Crippen molar-refractivity contribution in [3.63, 3.8) is 0 Å². The van der Waals surface area contributed by atoms with E-state index < -0.39 is 0 Å². The fourth-order valence-corrected chi connectivity index (χ4v) is 2.91. The van der Waals surface area contributed by atoms with E-state index in [1.54, 1.807) is 0 Å². The molecule has 19 heavy (non-hydrogen) atoms. The first-order chi connectivity index (χ1) is 9.16. The van der Waals surface area contributed by atoms with Crippen molar-refractivity contribution in [2.75, 3.05) is 0 Å². The van der Waals surface area contributed by atoms with E-state index in [0.717, 1.165) is 4.47 Å². The molecule has 0 aromatic heterocycles. The van der Waals surface area contributed by atoms with E-state index >= 15 is 0 Å². The zero-order valence-electron chi connectivity index (χ0n) is 11.1. The van der Waals surface area contributed by atoms with Crippen molar-refractivity contribution in [1.29, 1.82) is 0 Å². The van der Waals surface area contributed by atoms with Crippen LogP contribution in [0.25, 0.3) is 21.9 Å². The summed E-state index contributed by atoms with van der Waals surface area (Å²) in [5.41, 5.74) is 5.23. The molecule has 1 heteroatoms. The monoisotopic (exact) mass is 310 g/mol. The molecule has 0 aliphatic heterocycles. The molecule has 0 aliphatic rings. The summed E-state index contributed by atoms with van der Waals surface area (Å²) < 4.78 is 1.16. The number of aryl methyl sites for hydroxylation is 1. The lowest BCUT2D eigenvalue weighted by molar-refractivity contribution is 1.40. The van der Waals surface area contributed by atoms with Crippen molar-refractivity contribution in [3.8, 4) is 11.1 Å². The lowest BCUT2D eigenvalue weighted by Gasteiger charge is -2.12. The molecule has 0 unspecified atom stereocenters. The maximum Gasteiger partial charge on any atom is 0.0210 e. The summed E-state index contributed by atoms with van der Waals surface area (Å²) in [5, 5.41) is 2.60. The predicted octanol–water partition coefficient (Wildman–Crippen LogP) is 5.89. The van der Waals surface area contributed by atoms with Crippen molar-refractivity contribution in [2.24, 2.45) is 0 Å². The highest BCUT2D eigenvalue weighted by atomic mass is 79.9. The van der Waals surface area contributed by atoms with Crippen molar-refractivity contribution in [3.05, 3.63) is 70.2 Å². The van der Waals surface area contributed by atoms with Crippen LogP contribution in [0.2, 0.25) is 0 Å². The van der Waals surface area contributed by atoms with E-state index in [2.05, 4.69) is 84.4 Å². The van der Waals surface area contributed by atoms with Crippen LogP contribution in [0, 0.1) is 13.8 Å². The largest absolute Gasteiger partial charge is 0.0616 e. The zero-order chi connectivity index (χ0) is 13.4. The molecule has 0 saturated carbocycles. The van der Waals surface area contributed by atoms with Crippen molar-refractivity contribution >= 4 is 26.7 Å². The van der Waals surface area contributed by atoms with Crippen LogP contribution >= 0.6 is 15.9 Å². The third-order valence-corrected chi connectivity index (χ3v) is 4.51. The van der Waals surface area contributed by atoms with Gasteiger partial charge in [-0.25, -0.2) is 0 Å². The quantitative estimate of drug-likeness (QED) is 0.526. The van der Waals surface area contributed by atoms with E-state index in [9.17, 15) is 0 Å². The lowest BCUT2D eigenvalue weighted by Crippen LogP contribution is -1.88. The molecule has 0 N–H and O–H groups in total. The molecule has 0 atom stereocenters. The number of hydrogen-bond acceptors (Lipinski definition) is 0. The van der Waals surface area contributed by atoms with Crippen molar-refractivity contribution in [1.82, 2.24) is 0 Å². The molecular formula is C18H15Br. The molecule has 3 aromatic rings. The molecule has 0 nitrogen and oxygen atoms in total. The van der Waals surface area contributed by atoms with Gasteiger partial charge < -0.3 is 0 Å². The maximum atomic E-state index is 3.62. The summed E-state index contributed by atoms with van der Waals surface area (Å²) in [6.45, 7) is 4.34. The Hall–Kier alpha value is -1.60. The second-order valence-corrected chi connectivity index (χ2v) is 5.78. The van der Waals surface area contributed by atoms with Gasteiger partial charge in [0.1, 0.15) is 0 Å². The number of hydrogen-bond donors (Lipinski definition) is 0. The number of fused-ring (bicyclic) bond motifs is 1. The topological polar surface area (TPSA) is 0 Å². The zero-order valence-corrected chi connectivity index (χ0v) is 12.7. The Labute approximate surface area is 122 Å². The fourth-order valence-electron chi connectivity index (χ4n) is 2.54. The van der Waals surface area contributed by atoms with Crippen LogP contribution in [0.5, 0.6) is 0 Å². The highest BCUT2D eigenvalue weighted by molar-refractivity contribution is 9.10. The number of benzene rings is 3. The van der Waals surface area contributed by atoms with Gasteiger partial charge in [0.2, 0.25) is 0 Å². The maximum absolute atomic E-state index is 3.62. The Kier molecular flexibility index (Phi) is 3.16. The highest BCUT2D eigenvalue weighted by Crippen LogP contribution is 2.33. The summed E-state index contributed by atoms with van der Waals surface area (Å²) in [6.07, 6.45) is 0. The fraction of sp³-hybridized carbons (Fsp3) is 0.111. The van der Waals surface area contributed by atoms with E-state index in [4.69, 9.17) is 0 Å². The highest BCUT2D eigenvalue weighted by Gasteiger charge is 2.08. The Balaban J connectivity index is 2.30. The summed E-state index contributed by atoms with van der Waals surface area (Å²) >= 11 is 3.62. The summed E-state index contributed by atoms with van der Waals surface area (Å²) in [6, 6.07) is 19.5. The van der Waals surface area contributed by atoms with E-state index in [1.807, 2.05) is 0 Å². The first kappa shape index (κ1) is 12.4. The van der Waals surface area contributed by atoms with Gasteiger partial charge in [-0.15, -0.1) is 0 Å². The van der Waals surface area contributed by atoms with Gasteiger partial charge in [0.15, 0.2) is 0 Å². The Morgan fingerprint density at radius 1 is 0.737 bits per heavy atom. The minimum Gasteiger partial charge on any atom is -0.0616 e. The first-order valence-electron chi connectivity index (χ1n) is 6.42. The first-order valence-corrected chi connectivity index (χ1v) is 7.21. The second kappa shape index (κ2) is 4.82. The van der Waals surface area contributed by atoms with Crippen LogP contribution in [0.15, 0.2) is 59.1 Å². The van der Waals surface area contributed by atoms with Crippen molar-refractivity contribution in [2.45, 2.75) is 13.8 Å². The van der Waals surface area contributed by atoms with Gasteiger partial charge in [0, 0.05) is 4.47 Å². The standard InChI is InChI=1S/C18H15Br/c1-12-10-14-6-3-4-7-15(14)11-17(12)16-8-5-9-18(19)13(16)2/h3-11H,1-2H3. The van der Waals surface area contributed by atoms with Crippen LogP contribution in [0.3, 0.4) is 0 Å². The average molecular weight is 311 g/mol. The van der Waals surface area contributed by atoms with Gasteiger partial charge in [-0.3, -0.25) is 0 Å².